The Hall–Kier alpha value is -2.20. The van der Waals surface area contributed by atoms with E-state index in [4.69, 9.17) is 4.52 Å². The van der Waals surface area contributed by atoms with Crippen molar-refractivity contribution in [3.8, 4) is 0 Å². The van der Waals surface area contributed by atoms with Gasteiger partial charge in [0.1, 0.15) is 10.6 Å². The molecule has 0 aromatic carbocycles. The van der Waals surface area contributed by atoms with Gasteiger partial charge in [-0.1, -0.05) is 12.1 Å². The Morgan fingerprint density at radius 2 is 1.84 bits per heavy atom. The fraction of sp³-hybridized carbons (Fsp3) is 0.682. The fourth-order valence-corrected chi connectivity index (χ4v) is 6.44. The molecule has 10 heteroatoms. The number of aromatic nitrogens is 3. The summed E-state index contributed by atoms with van der Waals surface area (Å²) in [6.07, 6.45) is 2.06. The quantitative estimate of drug-likeness (QED) is 0.641. The van der Waals surface area contributed by atoms with Crippen LogP contribution in [0.1, 0.15) is 55.1 Å². The van der Waals surface area contributed by atoms with Crippen LogP contribution in [0.3, 0.4) is 0 Å². The molecule has 3 heterocycles. The van der Waals surface area contributed by atoms with Gasteiger partial charge < -0.3 is 9.84 Å². The highest BCUT2D eigenvalue weighted by Gasteiger charge is 2.36. The zero-order chi connectivity index (χ0) is 23.6. The Kier molecular flexibility index (Phi) is 7.44. The van der Waals surface area contributed by atoms with Crippen molar-refractivity contribution in [2.45, 2.75) is 72.2 Å². The number of aryl methyl sites for hydroxylation is 4. The van der Waals surface area contributed by atoms with E-state index in [0.29, 0.717) is 43.9 Å². The molecule has 1 aliphatic rings. The summed E-state index contributed by atoms with van der Waals surface area (Å²) in [6, 6.07) is 0. The van der Waals surface area contributed by atoms with E-state index in [1.165, 1.54) is 9.87 Å². The van der Waals surface area contributed by atoms with Crippen LogP contribution in [0.25, 0.3) is 0 Å². The molecule has 0 bridgehead atoms. The molecule has 1 N–H and O–H groups in total. The summed E-state index contributed by atoms with van der Waals surface area (Å²) in [7, 11) is -3.63. The summed E-state index contributed by atoms with van der Waals surface area (Å²) < 4.78 is 34.5. The Labute approximate surface area is 190 Å². The zero-order valence-electron chi connectivity index (χ0n) is 19.9. The molecule has 0 unspecified atom stereocenters. The molecule has 9 nitrogen and oxygen atoms in total. The average molecular weight is 466 g/mol. The van der Waals surface area contributed by atoms with Crippen LogP contribution in [0.2, 0.25) is 0 Å². The van der Waals surface area contributed by atoms with E-state index in [2.05, 4.69) is 29.4 Å². The van der Waals surface area contributed by atoms with Gasteiger partial charge in [0.2, 0.25) is 15.9 Å². The van der Waals surface area contributed by atoms with Gasteiger partial charge in [0.25, 0.3) is 0 Å². The molecule has 2 aromatic heterocycles. The summed E-state index contributed by atoms with van der Waals surface area (Å²) in [5, 5.41) is 11.4. The highest BCUT2D eigenvalue weighted by Crippen LogP contribution is 2.30. The van der Waals surface area contributed by atoms with Crippen molar-refractivity contribution in [2.75, 3.05) is 19.6 Å². The maximum atomic E-state index is 13.0. The first kappa shape index (κ1) is 24.4. The number of rotatable bonds is 8. The first-order chi connectivity index (χ1) is 15.1. The molecule has 2 aromatic rings. The first-order valence-electron chi connectivity index (χ1n) is 11.3. The highest BCUT2D eigenvalue weighted by atomic mass is 32.2. The largest absolute Gasteiger partial charge is 0.360 e. The smallest absolute Gasteiger partial charge is 0.248 e. The fourth-order valence-electron chi connectivity index (χ4n) is 4.68. The minimum absolute atomic E-state index is 0.0234. The first-order valence-corrected chi connectivity index (χ1v) is 12.8. The van der Waals surface area contributed by atoms with E-state index in [1.807, 2.05) is 18.5 Å². The Balaban J connectivity index is 1.52. The second kappa shape index (κ2) is 9.74. The summed E-state index contributed by atoms with van der Waals surface area (Å²) in [5.74, 6) is 0.319. The number of carbonyl (C=O) groups is 1. The van der Waals surface area contributed by atoms with E-state index in [0.717, 1.165) is 24.4 Å². The Morgan fingerprint density at radius 3 is 2.38 bits per heavy atom. The third-order valence-electron chi connectivity index (χ3n) is 6.69. The van der Waals surface area contributed by atoms with Crippen LogP contribution in [0, 0.1) is 39.5 Å². The lowest BCUT2D eigenvalue weighted by molar-refractivity contribution is -0.126. The molecule has 178 valence electrons. The summed E-state index contributed by atoms with van der Waals surface area (Å²) in [4.78, 5) is 12.9. The van der Waals surface area contributed by atoms with Gasteiger partial charge in [0.15, 0.2) is 5.76 Å². The van der Waals surface area contributed by atoms with Crippen LogP contribution in [0.15, 0.2) is 9.42 Å². The number of nitrogens with zero attached hydrogens (tertiary/aromatic N) is 4. The predicted octanol–water partition coefficient (Wildman–Crippen LogP) is 2.52. The molecule has 0 spiro atoms. The summed E-state index contributed by atoms with van der Waals surface area (Å²) >= 11 is 0. The number of amides is 1. The van der Waals surface area contributed by atoms with Crippen molar-refractivity contribution < 1.29 is 17.7 Å². The van der Waals surface area contributed by atoms with Crippen LogP contribution >= 0.6 is 0 Å². The van der Waals surface area contributed by atoms with Gasteiger partial charge in [-0.15, -0.1) is 0 Å². The lowest BCUT2D eigenvalue weighted by Crippen LogP contribution is -2.43. The predicted molar refractivity (Wildman–Crippen MR) is 121 cm³/mol. The van der Waals surface area contributed by atoms with Crippen molar-refractivity contribution in [1.29, 1.82) is 0 Å². The Morgan fingerprint density at radius 1 is 1.19 bits per heavy atom. The third-order valence-corrected chi connectivity index (χ3v) is 8.83. The number of sulfonamides is 1. The van der Waals surface area contributed by atoms with Crippen molar-refractivity contribution in [2.24, 2.45) is 11.8 Å². The second-order valence-electron chi connectivity index (χ2n) is 8.69. The molecule has 0 radical (unpaired) electrons. The topological polar surface area (TPSA) is 110 Å². The number of piperidine rings is 1. The van der Waals surface area contributed by atoms with Crippen LogP contribution < -0.4 is 5.32 Å². The molecule has 1 saturated heterocycles. The number of nitrogens with one attached hydrogen (secondary N) is 1. The second-order valence-corrected chi connectivity index (χ2v) is 10.6. The minimum atomic E-state index is -3.63. The van der Waals surface area contributed by atoms with Crippen LogP contribution in [0.5, 0.6) is 0 Å². The lowest BCUT2D eigenvalue weighted by Gasteiger charge is -2.33. The van der Waals surface area contributed by atoms with Crippen molar-refractivity contribution in [3.63, 3.8) is 0 Å². The van der Waals surface area contributed by atoms with Crippen molar-refractivity contribution in [3.05, 3.63) is 28.4 Å². The highest BCUT2D eigenvalue weighted by molar-refractivity contribution is 7.89. The lowest BCUT2D eigenvalue weighted by atomic mass is 9.85. The van der Waals surface area contributed by atoms with Gasteiger partial charge in [-0.2, -0.15) is 9.40 Å². The van der Waals surface area contributed by atoms with Gasteiger partial charge in [-0.25, -0.2) is 8.42 Å². The molecule has 32 heavy (non-hydrogen) atoms. The molecule has 3 rings (SSSR count). The van der Waals surface area contributed by atoms with E-state index in [9.17, 15) is 13.2 Å². The maximum Gasteiger partial charge on any atom is 0.248 e. The SMILES string of the molecule is CCn1nc(C)c(CCNC(=O)[C@H](C)C2CCN(S(=O)(=O)c3c(C)noc3C)CC2)c1C. The van der Waals surface area contributed by atoms with Gasteiger partial charge in [-0.3, -0.25) is 9.48 Å². The zero-order valence-corrected chi connectivity index (χ0v) is 20.8. The molecular weight excluding hydrogens is 430 g/mol. The van der Waals surface area contributed by atoms with E-state index >= 15 is 0 Å². The number of hydrogen-bond donors (Lipinski definition) is 1. The maximum absolute atomic E-state index is 13.0. The molecule has 1 atom stereocenters. The van der Waals surface area contributed by atoms with Crippen molar-refractivity contribution >= 4 is 15.9 Å². The van der Waals surface area contributed by atoms with Crippen LogP contribution in [-0.2, 0) is 27.8 Å². The van der Waals surface area contributed by atoms with Gasteiger partial charge in [0.05, 0.1) is 5.69 Å². The molecule has 1 aliphatic heterocycles. The van der Waals surface area contributed by atoms with E-state index < -0.39 is 10.0 Å². The standard InChI is InChI=1S/C22H35N5O4S/c1-7-27-17(5)20(15(3)24-27)8-11-23-22(28)14(2)19-9-12-26(13-10-19)32(29,30)21-16(4)25-31-18(21)6/h14,19H,7-13H2,1-6H3,(H,23,28)/t14-/m1/s1. The summed E-state index contributed by atoms with van der Waals surface area (Å²) in [6.45, 7) is 13.5. The molecule has 0 aliphatic carbocycles. The van der Waals surface area contributed by atoms with Gasteiger partial charge >= 0.3 is 0 Å². The Bertz CT molecular complexity index is 1050. The van der Waals surface area contributed by atoms with Crippen molar-refractivity contribution in [1.82, 2.24) is 24.6 Å². The normalized spacial score (nSPS) is 16.9. The summed E-state index contributed by atoms with van der Waals surface area (Å²) in [5.41, 5.74) is 3.74. The third kappa shape index (κ3) is 4.76. The van der Waals surface area contributed by atoms with Crippen LogP contribution in [-0.4, -0.2) is 53.2 Å². The van der Waals surface area contributed by atoms with Gasteiger partial charge in [-0.05, 0) is 65.4 Å². The molecular formula is C22H35N5O4S. The average Bonchev–Trinajstić information content (AvgIpc) is 3.25. The number of carbonyl (C=O) groups excluding carboxylic acids is 1. The molecule has 0 saturated carbocycles. The van der Waals surface area contributed by atoms with Gasteiger partial charge in [0, 0.05) is 37.8 Å². The van der Waals surface area contributed by atoms with Crippen LogP contribution in [0.4, 0.5) is 0 Å². The van der Waals surface area contributed by atoms with E-state index in [-0.39, 0.29) is 22.6 Å². The molecule has 1 fully saturated rings. The minimum Gasteiger partial charge on any atom is -0.360 e. The van der Waals surface area contributed by atoms with E-state index in [1.54, 1.807) is 13.8 Å². The molecule has 1 amide bonds. The monoisotopic (exact) mass is 465 g/mol. The number of hydrogen-bond acceptors (Lipinski definition) is 6.